The second-order valence-corrected chi connectivity index (χ2v) is 8.16. The summed E-state index contributed by atoms with van der Waals surface area (Å²) in [6, 6.07) is 10.5. The van der Waals surface area contributed by atoms with Gasteiger partial charge in [-0.2, -0.15) is 0 Å². The van der Waals surface area contributed by atoms with Crippen molar-refractivity contribution in [2.45, 2.75) is 17.4 Å². The zero-order valence-corrected chi connectivity index (χ0v) is 16.1. The van der Waals surface area contributed by atoms with Gasteiger partial charge in [-0.1, -0.05) is 11.6 Å². The lowest BCUT2D eigenvalue weighted by atomic mass is 10.2. The van der Waals surface area contributed by atoms with E-state index < -0.39 is 15.9 Å². The quantitative estimate of drug-likeness (QED) is 0.763. The van der Waals surface area contributed by atoms with Gasteiger partial charge in [0.1, 0.15) is 5.75 Å². The van der Waals surface area contributed by atoms with Gasteiger partial charge in [0.2, 0.25) is 10.0 Å². The molecular weight excluding hydrogens is 392 g/mol. The van der Waals surface area contributed by atoms with Crippen molar-refractivity contribution in [3.05, 3.63) is 53.1 Å². The lowest BCUT2D eigenvalue weighted by Gasteiger charge is -2.14. The highest BCUT2D eigenvalue weighted by Crippen LogP contribution is 2.24. The van der Waals surface area contributed by atoms with Crippen LogP contribution in [0.15, 0.2) is 47.4 Å². The normalized spacial score (nSPS) is 16.9. The highest BCUT2D eigenvalue weighted by Gasteiger charge is 2.25. The number of hydrogen-bond donors (Lipinski definition) is 2. The summed E-state index contributed by atoms with van der Waals surface area (Å²) >= 11 is 5.84. The van der Waals surface area contributed by atoms with E-state index in [2.05, 4.69) is 10.0 Å². The van der Waals surface area contributed by atoms with Gasteiger partial charge >= 0.3 is 0 Å². The first-order chi connectivity index (χ1) is 12.9. The van der Waals surface area contributed by atoms with Crippen molar-refractivity contribution in [1.82, 2.24) is 4.72 Å². The molecule has 1 aliphatic rings. The Kier molecular flexibility index (Phi) is 6.01. The molecule has 0 aliphatic carbocycles. The zero-order valence-electron chi connectivity index (χ0n) is 14.6. The van der Waals surface area contributed by atoms with Crippen molar-refractivity contribution in [3.8, 4) is 5.75 Å². The molecule has 0 saturated carbocycles. The van der Waals surface area contributed by atoms with Gasteiger partial charge in [0.15, 0.2) is 0 Å². The minimum atomic E-state index is -3.79. The predicted octanol–water partition coefficient (Wildman–Crippen LogP) is 2.67. The second kappa shape index (κ2) is 8.26. The summed E-state index contributed by atoms with van der Waals surface area (Å²) in [5.41, 5.74) is 0.638. The summed E-state index contributed by atoms with van der Waals surface area (Å²) in [7, 11) is -2.37. The maximum atomic E-state index is 12.6. The topological polar surface area (TPSA) is 93.7 Å². The monoisotopic (exact) mass is 410 g/mol. The van der Waals surface area contributed by atoms with Crippen molar-refractivity contribution < 1.29 is 22.7 Å². The molecule has 3 rings (SSSR count). The van der Waals surface area contributed by atoms with Gasteiger partial charge in [0.25, 0.3) is 5.91 Å². The number of rotatable bonds is 6. The minimum absolute atomic E-state index is 0.0172. The second-order valence-electron chi connectivity index (χ2n) is 6.00. The summed E-state index contributed by atoms with van der Waals surface area (Å²) in [4.78, 5) is 12.6. The van der Waals surface area contributed by atoms with Crippen molar-refractivity contribution in [2.75, 3.05) is 25.6 Å². The largest absolute Gasteiger partial charge is 0.496 e. The molecule has 1 saturated heterocycles. The van der Waals surface area contributed by atoms with E-state index in [-0.39, 0.29) is 22.3 Å². The zero-order chi connectivity index (χ0) is 19.4. The number of halogens is 1. The molecule has 9 heteroatoms. The number of carbonyl (C=O) groups is 1. The third kappa shape index (κ3) is 4.78. The Balaban J connectivity index is 1.86. The number of ether oxygens (including phenoxy) is 2. The lowest BCUT2D eigenvalue weighted by Crippen LogP contribution is -2.35. The molecule has 1 heterocycles. The number of hydrogen-bond acceptors (Lipinski definition) is 5. The van der Waals surface area contributed by atoms with E-state index in [0.29, 0.717) is 30.3 Å². The summed E-state index contributed by atoms with van der Waals surface area (Å²) in [6.45, 7) is 0.851. The Morgan fingerprint density at radius 2 is 1.96 bits per heavy atom. The molecule has 7 nitrogen and oxygen atoms in total. The number of amides is 1. The number of methoxy groups -OCH3 is 1. The fourth-order valence-corrected chi connectivity index (χ4v) is 4.09. The Labute approximate surface area is 162 Å². The molecule has 1 atom stereocenters. The number of sulfonamides is 1. The summed E-state index contributed by atoms with van der Waals surface area (Å²) in [5.74, 6) is -0.222. The van der Waals surface area contributed by atoms with Crippen LogP contribution in [-0.4, -0.2) is 40.7 Å². The standard InChI is InChI=1S/C18H19ClN2O5S/c1-25-17-7-6-15(27(23,24)21-14-8-9-26-11-14)10-16(17)18(22)20-13-4-2-12(19)3-5-13/h2-7,10,14,21H,8-9,11H2,1H3,(H,20,22). The van der Waals surface area contributed by atoms with Crippen LogP contribution in [0.3, 0.4) is 0 Å². The Morgan fingerprint density at radius 1 is 1.22 bits per heavy atom. The molecule has 0 aromatic heterocycles. The predicted molar refractivity (Wildman–Crippen MR) is 102 cm³/mol. The van der Waals surface area contributed by atoms with Crippen LogP contribution in [0.2, 0.25) is 5.02 Å². The highest BCUT2D eigenvalue weighted by molar-refractivity contribution is 7.89. The van der Waals surface area contributed by atoms with E-state index in [1.54, 1.807) is 24.3 Å². The van der Waals surface area contributed by atoms with Crippen LogP contribution < -0.4 is 14.8 Å². The minimum Gasteiger partial charge on any atom is -0.496 e. The average molecular weight is 411 g/mol. The van der Waals surface area contributed by atoms with Crippen LogP contribution >= 0.6 is 11.6 Å². The third-order valence-corrected chi connectivity index (χ3v) is 5.85. The van der Waals surface area contributed by atoms with Crippen LogP contribution in [0.5, 0.6) is 5.75 Å². The molecule has 1 fully saturated rings. The van der Waals surface area contributed by atoms with Gasteiger partial charge in [-0.15, -0.1) is 0 Å². The maximum absolute atomic E-state index is 12.6. The van der Waals surface area contributed by atoms with Crippen LogP contribution in [0.4, 0.5) is 5.69 Å². The van der Waals surface area contributed by atoms with Gasteiger partial charge < -0.3 is 14.8 Å². The van der Waals surface area contributed by atoms with Gasteiger partial charge in [-0.05, 0) is 48.9 Å². The first-order valence-electron chi connectivity index (χ1n) is 8.24. The van der Waals surface area contributed by atoms with E-state index in [9.17, 15) is 13.2 Å². The van der Waals surface area contributed by atoms with E-state index in [4.69, 9.17) is 21.1 Å². The molecule has 0 bridgehead atoms. The van der Waals surface area contributed by atoms with Gasteiger partial charge in [0.05, 0.1) is 24.2 Å². The maximum Gasteiger partial charge on any atom is 0.259 e. The van der Waals surface area contributed by atoms with Crippen LogP contribution in [-0.2, 0) is 14.8 Å². The number of nitrogens with one attached hydrogen (secondary N) is 2. The van der Waals surface area contributed by atoms with E-state index in [1.807, 2.05) is 0 Å². The first kappa shape index (κ1) is 19.6. The average Bonchev–Trinajstić information content (AvgIpc) is 3.15. The van der Waals surface area contributed by atoms with Gasteiger partial charge in [-0.25, -0.2) is 13.1 Å². The molecule has 1 aliphatic heterocycles. The van der Waals surface area contributed by atoms with Crippen molar-refractivity contribution in [2.24, 2.45) is 0 Å². The summed E-state index contributed by atoms with van der Waals surface area (Å²) < 4.78 is 38.2. The highest BCUT2D eigenvalue weighted by atomic mass is 35.5. The molecule has 1 amide bonds. The molecule has 2 N–H and O–H groups in total. The van der Waals surface area contributed by atoms with Crippen LogP contribution in [0.1, 0.15) is 16.8 Å². The molecule has 0 spiro atoms. The Hall–Kier alpha value is -2.13. The lowest BCUT2D eigenvalue weighted by molar-refractivity contribution is 0.102. The number of carbonyl (C=O) groups excluding carboxylic acids is 1. The van der Waals surface area contributed by atoms with Gasteiger partial charge in [-0.3, -0.25) is 4.79 Å². The van der Waals surface area contributed by atoms with Crippen LogP contribution in [0.25, 0.3) is 0 Å². The first-order valence-corrected chi connectivity index (χ1v) is 10.1. The smallest absolute Gasteiger partial charge is 0.259 e. The van der Waals surface area contributed by atoms with E-state index in [0.717, 1.165) is 0 Å². The van der Waals surface area contributed by atoms with E-state index in [1.165, 1.54) is 25.3 Å². The Bertz CT molecular complexity index is 925. The number of anilines is 1. The van der Waals surface area contributed by atoms with Crippen molar-refractivity contribution >= 4 is 33.2 Å². The van der Waals surface area contributed by atoms with Crippen molar-refractivity contribution in [1.29, 1.82) is 0 Å². The third-order valence-electron chi connectivity index (χ3n) is 4.08. The van der Waals surface area contributed by atoms with Crippen molar-refractivity contribution in [3.63, 3.8) is 0 Å². The summed E-state index contributed by atoms with van der Waals surface area (Å²) in [5, 5.41) is 3.24. The molecular formula is C18H19ClN2O5S. The van der Waals surface area contributed by atoms with E-state index >= 15 is 0 Å². The fraction of sp³-hybridized carbons (Fsp3) is 0.278. The molecule has 2 aromatic rings. The molecule has 0 radical (unpaired) electrons. The van der Waals surface area contributed by atoms with Crippen LogP contribution in [0, 0.1) is 0 Å². The summed E-state index contributed by atoms with van der Waals surface area (Å²) in [6.07, 6.45) is 0.610. The SMILES string of the molecule is COc1ccc(S(=O)(=O)NC2CCOC2)cc1C(=O)Nc1ccc(Cl)cc1. The Morgan fingerprint density at radius 3 is 2.59 bits per heavy atom. The number of benzene rings is 2. The van der Waals surface area contributed by atoms with Gasteiger partial charge in [0, 0.05) is 23.4 Å². The fourth-order valence-electron chi connectivity index (χ4n) is 2.68. The molecule has 2 aromatic carbocycles. The molecule has 1 unspecified atom stereocenters. The molecule has 144 valence electrons. The molecule has 27 heavy (non-hydrogen) atoms.